The van der Waals surface area contributed by atoms with Crippen LogP contribution in [0, 0.1) is 0 Å². The minimum absolute atomic E-state index is 0.993. The summed E-state index contributed by atoms with van der Waals surface area (Å²) in [6.45, 7) is 8.01. The molecule has 0 saturated heterocycles. The fraction of sp³-hybridized carbons (Fsp3) is 0.211. The minimum Gasteiger partial charge on any atom is -0.254 e. The Labute approximate surface area is 122 Å². The van der Waals surface area contributed by atoms with Gasteiger partial charge in [0.25, 0.3) is 0 Å². The van der Waals surface area contributed by atoms with E-state index in [4.69, 9.17) is 0 Å². The molecule has 0 aliphatic rings. The van der Waals surface area contributed by atoms with E-state index in [1.54, 1.807) is 0 Å². The molecule has 2 aromatic carbocycles. The summed E-state index contributed by atoms with van der Waals surface area (Å²) in [4.78, 5) is 4.56. The molecule has 0 amide bonds. The van der Waals surface area contributed by atoms with E-state index in [2.05, 4.69) is 41.4 Å². The molecule has 0 aromatic heterocycles. The largest absolute Gasteiger partial charge is 0.254 e. The number of hydrogen-bond donors (Lipinski definition) is 0. The molecule has 0 radical (unpaired) electrons. The fourth-order valence-electron chi connectivity index (χ4n) is 1.87. The lowest BCUT2D eigenvalue weighted by Gasteiger charge is -2.02. The Morgan fingerprint density at radius 1 is 0.900 bits per heavy atom. The molecule has 20 heavy (non-hydrogen) atoms. The van der Waals surface area contributed by atoms with E-state index in [9.17, 15) is 0 Å². The maximum Gasteiger partial charge on any atom is 0.0639 e. The number of benzene rings is 2. The highest BCUT2D eigenvalue weighted by atomic mass is 14.7. The molecule has 0 atom stereocenters. The van der Waals surface area contributed by atoms with Crippen molar-refractivity contribution >= 4 is 11.4 Å². The number of aliphatic imine (C=N–C) groups is 1. The van der Waals surface area contributed by atoms with Crippen LogP contribution in [0.3, 0.4) is 0 Å². The Bertz CT molecular complexity index is 565. The first-order valence-electron chi connectivity index (χ1n) is 7.13. The number of hydrogen-bond acceptors (Lipinski definition) is 1. The van der Waals surface area contributed by atoms with Crippen LogP contribution in [0.25, 0.3) is 11.1 Å². The molecule has 0 aliphatic carbocycles. The molecule has 0 N–H and O–H groups in total. The van der Waals surface area contributed by atoms with Gasteiger partial charge in [0.15, 0.2) is 0 Å². The van der Waals surface area contributed by atoms with Gasteiger partial charge in [0.1, 0.15) is 0 Å². The molecule has 2 rings (SSSR count). The summed E-state index contributed by atoms with van der Waals surface area (Å²) in [5, 5.41) is 0. The summed E-state index contributed by atoms with van der Waals surface area (Å²) in [5.74, 6) is 0. The van der Waals surface area contributed by atoms with Crippen molar-refractivity contribution in [3.8, 4) is 11.1 Å². The van der Waals surface area contributed by atoms with Crippen LogP contribution in [0.2, 0.25) is 0 Å². The quantitative estimate of drug-likeness (QED) is 0.599. The molecule has 104 valence electrons. The second-order valence-electron chi connectivity index (χ2n) is 4.17. The van der Waals surface area contributed by atoms with Gasteiger partial charge in [-0.05, 0) is 43.2 Å². The number of nitrogens with zero attached hydrogens (tertiary/aromatic N) is 1. The summed E-state index contributed by atoms with van der Waals surface area (Å²) in [6, 6.07) is 18.7. The first kappa shape index (κ1) is 15.9. The first-order valence-corrected chi connectivity index (χ1v) is 7.13. The van der Waals surface area contributed by atoms with E-state index in [0.717, 1.165) is 11.4 Å². The lowest BCUT2D eigenvalue weighted by molar-refractivity contribution is 1.49. The van der Waals surface area contributed by atoms with Gasteiger partial charge in [-0.1, -0.05) is 62.4 Å². The lowest BCUT2D eigenvalue weighted by Crippen LogP contribution is -1.82. The van der Waals surface area contributed by atoms with Gasteiger partial charge in [0.2, 0.25) is 0 Å². The highest BCUT2D eigenvalue weighted by Gasteiger charge is 1.97. The molecule has 0 heterocycles. The normalized spacial score (nSPS) is 11.1. The predicted molar refractivity (Wildman–Crippen MR) is 90.8 cm³/mol. The van der Waals surface area contributed by atoms with Crippen molar-refractivity contribution in [1.29, 1.82) is 0 Å². The van der Waals surface area contributed by atoms with Crippen molar-refractivity contribution in [3.63, 3.8) is 0 Å². The van der Waals surface area contributed by atoms with Crippen molar-refractivity contribution in [2.75, 3.05) is 0 Å². The van der Waals surface area contributed by atoms with Gasteiger partial charge in [-0.2, -0.15) is 0 Å². The molecule has 2 aromatic rings. The summed E-state index contributed by atoms with van der Waals surface area (Å²) in [6.07, 6.45) is 4.01. The van der Waals surface area contributed by atoms with Crippen LogP contribution in [-0.2, 0) is 0 Å². The van der Waals surface area contributed by atoms with Crippen LogP contribution in [0.5, 0.6) is 0 Å². The van der Waals surface area contributed by atoms with Crippen LogP contribution in [0.4, 0.5) is 5.69 Å². The van der Waals surface area contributed by atoms with Crippen LogP contribution in [-0.4, -0.2) is 5.71 Å². The Kier molecular flexibility index (Phi) is 7.05. The first-order chi connectivity index (χ1) is 9.79. The van der Waals surface area contributed by atoms with Crippen molar-refractivity contribution in [3.05, 3.63) is 66.7 Å². The van der Waals surface area contributed by atoms with Crippen LogP contribution >= 0.6 is 0 Å². The summed E-state index contributed by atoms with van der Waals surface area (Å²) < 4.78 is 0. The van der Waals surface area contributed by atoms with E-state index >= 15 is 0 Å². The zero-order valence-electron chi connectivity index (χ0n) is 12.8. The zero-order chi connectivity index (χ0) is 14.8. The number of allylic oxidation sites excluding steroid dienone is 2. The molecule has 0 unspecified atom stereocenters. The van der Waals surface area contributed by atoms with Crippen molar-refractivity contribution < 1.29 is 0 Å². The van der Waals surface area contributed by atoms with E-state index in [0.29, 0.717) is 0 Å². The lowest BCUT2D eigenvalue weighted by atomic mass is 10.1. The zero-order valence-corrected chi connectivity index (χ0v) is 12.8. The molecule has 0 fully saturated rings. The Morgan fingerprint density at radius 3 is 2.20 bits per heavy atom. The summed E-state index contributed by atoms with van der Waals surface area (Å²) in [7, 11) is 0. The number of rotatable bonds is 3. The SMILES string of the molecule is C/C=C\C(C)=Nc1cccc(-c2ccccc2)c1.CC. The second kappa shape index (κ2) is 8.87. The molecule has 0 spiro atoms. The van der Waals surface area contributed by atoms with Gasteiger partial charge in [0, 0.05) is 5.71 Å². The maximum absolute atomic E-state index is 4.56. The topological polar surface area (TPSA) is 12.4 Å². The third kappa shape index (κ3) is 4.85. The predicted octanol–water partition coefficient (Wildman–Crippen LogP) is 6.05. The fourth-order valence-corrected chi connectivity index (χ4v) is 1.87. The molecule has 0 saturated carbocycles. The summed E-state index contributed by atoms with van der Waals surface area (Å²) in [5.41, 5.74) is 4.43. The highest BCUT2D eigenvalue weighted by Crippen LogP contribution is 2.23. The van der Waals surface area contributed by atoms with Crippen LogP contribution in [0.15, 0.2) is 71.7 Å². The minimum atomic E-state index is 0.993. The molecular formula is C19H23N. The third-order valence-corrected chi connectivity index (χ3v) is 2.67. The maximum atomic E-state index is 4.56. The highest BCUT2D eigenvalue weighted by molar-refractivity contribution is 5.94. The van der Waals surface area contributed by atoms with Crippen molar-refractivity contribution in [1.82, 2.24) is 0 Å². The van der Waals surface area contributed by atoms with Gasteiger partial charge in [-0.3, -0.25) is 4.99 Å². The molecular weight excluding hydrogens is 242 g/mol. The van der Waals surface area contributed by atoms with E-state index in [1.807, 2.05) is 58.0 Å². The van der Waals surface area contributed by atoms with Gasteiger partial charge in [-0.15, -0.1) is 0 Å². The van der Waals surface area contributed by atoms with Crippen molar-refractivity contribution in [2.45, 2.75) is 27.7 Å². The van der Waals surface area contributed by atoms with E-state index in [-0.39, 0.29) is 0 Å². The van der Waals surface area contributed by atoms with Gasteiger partial charge in [0.05, 0.1) is 5.69 Å². The summed E-state index contributed by atoms with van der Waals surface area (Å²) >= 11 is 0. The molecule has 0 aliphatic heterocycles. The van der Waals surface area contributed by atoms with E-state index in [1.165, 1.54) is 11.1 Å². The smallest absolute Gasteiger partial charge is 0.0639 e. The molecule has 1 nitrogen and oxygen atoms in total. The van der Waals surface area contributed by atoms with Crippen LogP contribution < -0.4 is 0 Å². The Hall–Kier alpha value is -2.15. The van der Waals surface area contributed by atoms with Crippen molar-refractivity contribution in [2.24, 2.45) is 4.99 Å². The van der Waals surface area contributed by atoms with Gasteiger partial charge in [-0.25, -0.2) is 0 Å². The monoisotopic (exact) mass is 265 g/mol. The third-order valence-electron chi connectivity index (χ3n) is 2.67. The molecule has 1 heteroatoms. The van der Waals surface area contributed by atoms with Crippen LogP contribution in [0.1, 0.15) is 27.7 Å². The van der Waals surface area contributed by atoms with E-state index < -0.39 is 0 Å². The van der Waals surface area contributed by atoms with Gasteiger partial charge < -0.3 is 0 Å². The van der Waals surface area contributed by atoms with Gasteiger partial charge >= 0.3 is 0 Å². The standard InChI is InChI=1S/C17H17N.C2H6/c1-3-8-14(2)18-17-12-7-11-16(13-17)15-9-5-4-6-10-15;1-2/h3-13H,1-2H3;1-2H3/b8-3-,18-14?;. The Morgan fingerprint density at radius 2 is 1.55 bits per heavy atom. The Balaban J connectivity index is 0.000000956. The average molecular weight is 265 g/mol. The molecule has 0 bridgehead atoms. The second-order valence-corrected chi connectivity index (χ2v) is 4.17. The average Bonchev–Trinajstić information content (AvgIpc) is 2.51.